The van der Waals surface area contributed by atoms with Crippen LogP contribution in [-0.2, 0) is 0 Å². The maximum Gasteiger partial charge on any atom is 0.00231 e. The molecule has 0 saturated heterocycles. The van der Waals surface area contributed by atoms with E-state index in [-0.39, 0.29) is 0 Å². The Morgan fingerprint density at radius 3 is 2.67 bits per heavy atom. The molecule has 0 nitrogen and oxygen atoms in total. The van der Waals surface area contributed by atoms with Crippen LogP contribution in [-0.4, -0.2) is 0 Å². The molecule has 1 unspecified atom stereocenters. The topological polar surface area (TPSA) is 0 Å². The molecule has 0 N–H and O–H groups in total. The molecule has 0 bridgehead atoms. The van der Waals surface area contributed by atoms with Crippen molar-refractivity contribution in [2.45, 2.75) is 13.8 Å². The second kappa shape index (κ2) is 3.12. The summed E-state index contributed by atoms with van der Waals surface area (Å²) in [6.07, 6.45) is 0. The first kappa shape index (κ1) is 9.00. The van der Waals surface area contributed by atoms with Crippen LogP contribution in [0.3, 0.4) is 0 Å². The SMILES string of the molecule is Cc1ccc2c(c1)[pH]c1c(C)cccc12. The van der Waals surface area contributed by atoms with Gasteiger partial charge in [0.05, 0.1) is 0 Å². The maximum absolute atomic E-state index is 2.33. The summed E-state index contributed by atoms with van der Waals surface area (Å²) in [5, 5.41) is 5.94. The molecular weight excluding hydrogens is 199 g/mol. The molecule has 1 heteroatoms. The molecule has 0 fully saturated rings. The fourth-order valence-electron chi connectivity index (χ4n) is 2.19. The summed E-state index contributed by atoms with van der Waals surface area (Å²) < 4.78 is 0. The third kappa shape index (κ3) is 1.29. The fraction of sp³-hybridized carbons (Fsp3) is 0.143. The molecule has 3 rings (SSSR count). The van der Waals surface area contributed by atoms with Crippen LogP contribution in [0.15, 0.2) is 36.4 Å². The Hall–Kier alpha value is -1.26. The van der Waals surface area contributed by atoms with E-state index in [9.17, 15) is 0 Å². The second-order valence-electron chi connectivity index (χ2n) is 4.17. The largest absolute Gasteiger partial charge is 0.123 e. The van der Waals surface area contributed by atoms with Gasteiger partial charge in [0.2, 0.25) is 0 Å². The van der Waals surface area contributed by atoms with E-state index >= 15 is 0 Å². The summed E-state index contributed by atoms with van der Waals surface area (Å²) in [6.45, 7) is 4.38. The third-order valence-corrected chi connectivity index (χ3v) is 4.59. The minimum Gasteiger partial charge on any atom is -0.123 e. The van der Waals surface area contributed by atoms with Gasteiger partial charge in [-0.1, -0.05) is 35.9 Å². The Labute approximate surface area is 91.0 Å². The van der Waals surface area contributed by atoms with Crippen LogP contribution in [0.1, 0.15) is 11.1 Å². The van der Waals surface area contributed by atoms with Crippen LogP contribution in [0.4, 0.5) is 0 Å². The highest BCUT2D eigenvalue weighted by molar-refractivity contribution is 7.44. The Bertz CT molecular complexity index is 647. The van der Waals surface area contributed by atoms with Crippen molar-refractivity contribution in [1.82, 2.24) is 0 Å². The van der Waals surface area contributed by atoms with E-state index in [0.29, 0.717) is 0 Å². The van der Waals surface area contributed by atoms with Crippen molar-refractivity contribution in [3.8, 4) is 0 Å². The van der Waals surface area contributed by atoms with Crippen molar-refractivity contribution in [2.24, 2.45) is 0 Å². The average molecular weight is 212 g/mol. The second-order valence-corrected chi connectivity index (χ2v) is 5.46. The number of hydrogen-bond donors (Lipinski definition) is 0. The summed E-state index contributed by atoms with van der Waals surface area (Å²) >= 11 is 0. The predicted molar refractivity (Wildman–Crippen MR) is 70.4 cm³/mol. The molecule has 1 heterocycles. The third-order valence-electron chi connectivity index (χ3n) is 3.00. The van der Waals surface area contributed by atoms with Crippen LogP contribution >= 0.6 is 8.19 Å². The van der Waals surface area contributed by atoms with Gasteiger partial charge in [-0.2, -0.15) is 0 Å². The molecule has 0 aliphatic carbocycles. The Morgan fingerprint density at radius 1 is 0.933 bits per heavy atom. The highest BCUT2D eigenvalue weighted by atomic mass is 31.0. The Morgan fingerprint density at radius 2 is 1.80 bits per heavy atom. The van der Waals surface area contributed by atoms with Gasteiger partial charge in [-0.25, -0.2) is 0 Å². The van der Waals surface area contributed by atoms with Crippen molar-refractivity contribution in [2.75, 3.05) is 0 Å². The molecule has 74 valence electrons. The van der Waals surface area contributed by atoms with E-state index in [0.717, 1.165) is 8.19 Å². The monoisotopic (exact) mass is 212 g/mol. The summed E-state index contributed by atoms with van der Waals surface area (Å²) in [4.78, 5) is 0. The van der Waals surface area contributed by atoms with Crippen LogP contribution in [0.25, 0.3) is 21.0 Å². The van der Waals surface area contributed by atoms with Gasteiger partial charge in [0, 0.05) is 5.12 Å². The van der Waals surface area contributed by atoms with E-state index < -0.39 is 0 Å². The summed E-state index contributed by atoms with van der Waals surface area (Å²) in [6, 6.07) is 13.4. The highest BCUT2D eigenvalue weighted by Gasteiger charge is 2.04. The van der Waals surface area contributed by atoms with Gasteiger partial charge in [0.25, 0.3) is 0 Å². The van der Waals surface area contributed by atoms with Crippen molar-refractivity contribution in [1.29, 1.82) is 0 Å². The summed E-state index contributed by atoms with van der Waals surface area (Å²) in [5.41, 5.74) is 2.80. The standard InChI is InChI=1S/C14H13P/c1-9-6-7-11-12-5-3-4-10(2)14(12)15-13(11)8-9/h3-8,15H,1-2H3. The lowest BCUT2D eigenvalue weighted by Crippen LogP contribution is -1.71. The maximum atomic E-state index is 2.33. The first-order valence-electron chi connectivity index (χ1n) is 5.23. The summed E-state index contributed by atoms with van der Waals surface area (Å²) in [5.74, 6) is 0. The molecule has 3 aromatic rings. The molecule has 0 aliphatic heterocycles. The first-order valence-corrected chi connectivity index (χ1v) is 6.23. The van der Waals surface area contributed by atoms with Gasteiger partial charge in [0.15, 0.2) is 0 Å². The lowest BCUT2D eigenvalue weighted by Gasteiger charge is -1.95. The molecule has 1 atom stereocenters. The van der Waals surface area contributed by atoms with Crippen LogP contribution in [0.2, 0.25) is 0 Å². The molecule has 2 aromatic carbocycles. The van der Waals surface area contributed by atoms with Crippen molar-refractivity contribution < 1.29 is 0 Å². The van der Waals surface area contributed by atoms with Crippen molar-refractivity contribution in [3.63, 3.8) is 0 Å². The Kier molecular flexibility index (Phi) is 1.87. The zero-order valence-corrected chi connectivity index (χ0v) is 9.96. The Balaban J connectivity index is 2.57. The molecule has 0 saturated carbocycles. The molecule has 1 aromatic heterocycles. The fourth-order valence-corrected chi connectivity index (χ4v) is 3.74. The van der Waals surface area contributed by atoms with Crippen LogP contribution in [0.5, 0.6) is 0 Å². The van der Waals surface area contributed by atoms with E-state index in [1.165, 1.54) is 32.1 Å². The van der Waals surface area contributed by atoms with Crippen molar-refractivity contribution >= 4 is 29.2 Å². The zero-order valence-electron chi connectivity index (χ0n) is 8.96. The molecule has 0 amide bonds. The predicted octanol–water partition coefficient (Wildman–Crippen LogP) is 4.64. The zero-order chi connectivity index (χ0) is 10.4. The van der Waals surface area contributed by atoms with Gasteiger partial charge in [-0.05, 0) is 41.4 Å². The molecular formula is C14H13P. The van der Waals surface area contributed by atoms with Gasteiger partial charge in [-0.3, -0.25) is 0 Å². The van der Waals surface area contributed by atoms with E-state index in [2.05, 4.69) is 50.2 Å². The normalized spacial score (nSPS) is 11.9. The molecule has 15 heavy (non-hydrogen) atoms. The van der Waals surface area contributed by atoms with E-state index in [4.69, 9.17) is 0 Å². The van der Waals surface area contributed by atoms with Crippen LogP contribution in [0, 0.1) is 13.8 Å². The number of hydrogen-bond acceptors (Lipinski definition) is 0. The van der Waals surface area contributed by atoms with Crippen molar-refractivity contribution in [3.05, 3.63) is 47.5 Å². The average Bonchev–Trinajstić information content (AvgIpc) is 2.57. The first-order chi connectivity index (χ1) is 7.25. The van der Waals surface area contributed by atoms with Crippen LogP contribution < -0.4 is 0 Å². The minimum atomic E-state index is 0.846. The van der Waals surface area contributed by atoms with E-state index in [1.807, 2.05) is 0 Å². The van der Waals surface area contributed by atoms with Gasteiger partial charge in [-0.15, -0.1) is 8.19 Å². The highest BCUT2D eigenvalue weighted by Crippen LogP contribution is 2.39. The number of fused-ring (bicyclic) bond motifs is 3. The lowest BCUT2D eigenvalue weighted by atomic mass is 10.1. The van der Waals surface area contributed by atoms with Gasteiger partial charge < -0.3 is 0 Å². The number of rotatable bonds is 0. The van der Waals surface area contributed by atoms with Gasteiger partial charge >= 0.3 is 0 Å². The quantitative estimate of drug-likeness (QED) is 0.509. The summed E-state index contributed by atoms with van der Waals surface area (Å²) in [7, 11) is 0.846. The smallest absolute Gasteiger partial charge is 0.00231 e. The number of aryl methyl sites for hydroxylation is 2. The van der Waals surface area contributed by atoms with Gasteiger partial charge in [0.1, 0.15) is 0 Å². The molecule has 0 aliphatic rings. The molecule has 0 radical (unpaired) electrons. The lowest BCUT2D eigenvalue weighted by molar-refractivity contribution is 1.52. The van der Waals surface area contributed by atoms with E-state index in [1.54, 1.807) is 0 Å². The molecule has 0 spiro atoms. The number of benzene rings is 2. The minimum absolute atomic E-state index is 0.846.